The molecule has 0 bridgehead atoms. The fourth-order valence-electron chi connectivity index (χ4n) is 7.78. The summed E-state index contributed by atoms with van der Waals surface area (Å²) in [4.78, 5) is 0. The third-order valence-electron chi connectivity index (χ3n) is 10.2. The van der Waals surface area contributed by atoms with Gasteiger partial charge in [-0.3, -0.25) is 0 Å². The number of fused-ring (bicyclic) bond motifs is 9. The zero-order valence-corrected chi connectivity index (χ0v) is 28.6. The second kappa shape index (κ2) is 11.4. The minimum Gasteiger partial charge on any atom is -0.309 e. The highest BCUT2D eigenvalue weighted by Crippen LogP contribution is 2.41. The van der Waals surface area contributed by atoms with E-state index in [9.17, 15) is 21.0 Å². The molecule has 0 N–H and O–H groups in total. The molecule has 0 atom stereocenters. The average Bonchev–Trinajstić information content (AvgIpc) is 3.86. The first kappa shape index (κ1) is 30.2. The van der Waals surface area contributed by atoms with E-state index in [2.05, 4.69) is 88.0 Å². The summed E-state index contributed by atoms with van der Waals surface area (Å²) in [7, 11) is 0. The van der Waals surface area contributed by atoms with Gasteiger partial charge in [0.2, 0.25) is 0 Å². The van der Waals surface area contributed by atoms with E-state index in [0.717, 1.165) is 81.6 Å². The maximum atomic E-state index is 9.75. The minimum atomic E-state index is 0.573. The van der Waals surface area contributed by atoms with Crippen LogP contribution in [0.4, 0.5) is 0 Å². The van der Waals surface area contributed by atoms with Crippen molar-refractivity contribution in [3.63, 3.8) is 0 Å². The van der Waals surface area contributed by atoms with Crippen molar-refractivity contribution in [2.24, 2.45) is 0 Å². The number of aromatic nitrogens is 2. The Morgan fingerprint density at radius 3 is 1.25 bits per heavy atom. The molecule has 7 heteroatoms. The molecular formula is C46H22N6S. The van der Waals surface area contributed by atoms with E-state index < -0.39 is 0 Å². The van der Waals surface area contributed by atoms with Crippen molar-refractivity contribution < 1.29 is 0 Å². The van der Waals surface area contributed by atoms with Gasteiger partial charge in [0.25, 0.3) is 0 Å². The number of hydrogen-bond acceptors (Lipinski definition) is 5. The van der Waals surface area contributed by atoms with E-state index in [1.54, 1.807) is 11.3 Å². The fourth-order valence-corrected chi connectivity index (χ4v) is 8.85. The lowest BCUT2D eigenvalue weighted by molar-refractivity contribution is 1.18. The van der Waals surface area contributed by atoms with Crippen LogP contribution < -0.4 is 0 Å². The maximum absolute atomic E-state index is 9.75. The first-order valence-electron chi connectivity index (χ1n) is 16.9. The van der Waals surface area contributed by atoms with Gasteiger partial charge in [0.1, 0.15) is 0 Å². The van der Waals surface area contributed by atoms with Crippen molar-refractivity contribution in [1.29, 1.82) is 21.0 Å². The normalized spacial score (nSPS) is 11.3. The lowest BCUT2D eigenvalue weighted by atomic mass is 10.0. The van der Waals surface area contributed by atoms with Crippen LogP contribution in [0.2, 0.25) is 0 Å². The monoisotopic (exact) mass is 690 g/mol. The van der Waals surface area contributed by atoms with Crippen molar-refractivity contribution in [3.8, 4) is 46.8 Å². The molecule has 7 aromatic carbocycles. The molecule has 0 saturated heterocycles. The Hall–Kier alpha value is -7.68. The molecule has 0 aliphatic heterocycles. The highest BCUT2D eigenvalue weighted by molar-refractivity contribution is 7.25. The van der Waals surface area contributed by atoms with Gasteiger partial charge >= 0.3 is 0 Å². The third-order valence-corrected chi connectivity index (χ3v) is 11.4. The SMILES string of the molecule is N#Cc1ccc2c3ccc(C#N)cc3n(-c3cccc(-c4ccc5sc6ccc(-n7c8cc(C#N)ccc8c8ccc(C#N)cc87)cc6c5c4)c3)c2c1. The quantitative estimate of drug-likeness (QED) is 0.184. The predicted octanol–water partition coefficient (Wildman–Crippen LogP) is 11.4. The Balaban J connectivity index is 1.16. The summed E-state index contributed by atoms with van der Waals surface area (Å²) in [5.41, 5.74) is 9.94. The van der Waals surface area contributed by atoms with E-state index in [4.69, 9.17) is 0 Å². The van der Waals surface area contributed by atoms with Gasteiger partial charge in [-0.1, -0.05) is 42.5 Å². The highest BCUT2D eigenvalue weighted by atomic mass is 32.1. The molecule has 10 rings (SSSR count). The second-order valence-corrected chi connectivity index (χ2v) is 14.2. The van der Waals surface area contributed by atoms with Gasteiger partial charge in [0.05, 0.1) is 68.6 Å². The van der Waals surface area contributed by atoms with Crippen molar-refractivity contribution in [2.45, 2.75) is 0 Å². The lowest BCUT2D eigenvalue weighted by Crippen LogP contribution is -1.95. The van der Waals surface area contributed by atoms with Crippen LogP contribution >= 0.6 is 11.3 Å². The van der Waals surface area contributed by atoms with Gasteiger partial charge in [-0.05, 0) is 102 Å². The van der Waals surface area contributed by atoms with Crippen LogP contribution in [0, 0.1) is 45.3 Å². The average molecular weight is 691 g/mol. The van der Waals surface area contributed by atoms with E-state index in [-0.39, 0.29) is 0 Å². The lowest BCUT2D eigenvalue weighted by Gasteiger charge is -2.11. The van der Waals surface area contributed by atoms with Crippen LogP contribution in [0.5, 0.6) is 0 Å². The smallest absolute Gasteiger partial charge is 0.0992 e. The van der Waals surface area contributed by atoms with Gasteiger partial charge in [-0.25, -0.2) is 0 Å². The van der Waals surface area contributed by atoms with Crippen molar-refractivity contribution in [3.05, 3.63) is 156 Å². The van der Waals surface area contributed by atoms with E-state index in [1.165, 1.54) is 4.70 Å². The molecule has 0 aliphatic rings. The van der Waals surface area contributed by atoms with Crippen molar-refractivity contribution in [1.82, 2.24) is 9.13 Å². The molecule has 53 heavy (non-hydrogen) atoms. The first-order chi connectivity index (χ1) is 26.0. The van der Waals surface area contributed by atoms with Crippen molar-refractivity contribution in [2.75, 3.05) is 0 Å². The Morgan fingerprint density at radius 2 is 0.774 bits per heavy atom. The first-order valence-corrected chi connectivity index (χ1v) is 17.7. The summed E-state index contributed by atoms with van der Waals surface area (Å²) in [5, 5.41) is 45.3. The zero-order chi connectivity index (χ0) is 35.8. The van der Waals surface area contributed by atoms with Crippen molar-refractivity contribution >= 4 is 75.1 Å². The summed E-state index contributed by atoms with van der Waals surface area (Å²) in [6.45, 7) is 0. The molecular weight excluding hydrogens is 669 g/mol. The predicted molar refractivity (Wildman–Crippen MR) is 212 cm³/mol. The molecule has 10 aromatic rings. The van der Waals surface area contributed by atoms with E-state index >= 15 is 0 Å². The number of benzene rings is 7. The third kappa shape index (κ3) is 4.53. The van der Waals surface area contributed by atoms with Crippen LogP contribution in [0.15, 0.2) is 133 Å². The van der Waals surface area contributed by atoms with Gasteiger partial charge in [-0.15, -0.1) is 11.3 Å². The molecule has 0 radical (unpaired) electrons. The Bertz CT molecular complexity index is 3260. The Kier molecular flexibility index (Phi) is 6.50. The van der Waals surface area contributed by atoms with Crippen LogP contribution in [0.25, 0.3) is 86.3 Å². The molecule has 0 saturated carbocycles. The molecule has 0 spiro atoms. The minimum absolute atomic E-state index is 0.573. The summed E-state index contributed by atoms with van der Waals surface area (Å²) in [5.74, 6) is 0. The molecule has 6 nitrogen and oxygen atoms in total. The van der Waals surface area contributed by atoms with Crippen LogP contribution in [0.3, 0.4) is 0 Å². The summed E-state index contributed by atoms with van der Waals surface area (Å²) < 4.78 is 6.64. The van der Waals surface area contributed by atoms with E-state index in [0.29, 0.717) is 22.3 Å². The molecule has 3 heterocycles. The van der Waals surface area contributed by atoms with Gasteiger partial charge in [0, 0.05) is 53.1 Å². The molecule has 0 aliphatic carbocycles. The standard InChI is InChI=1S/C46H22N6S/c47-23-27-4-10-35-36-11-5-28(24-48)17-42(36)51(41(35)16-27)33-3-1-2-31(20-33)32-8-14-45-39(21-32)40-22-34(9-15-46(40)53-45)52-43-18-29(25-49)6-12-37(43)38-13-7-30(26-50)19-44(38)52/h1-22H. The zero-order valence-electron chi connectivity index (χ0n) is 27.8. The number of nitrogens with zero attached hydrogens (tertiary/aromatic N) is 6. The molecule has 0 unspecified atom stereocenters. The largest absolute Gasteiger partial charge is 0.309 e. The Morgan fingerprint density at radius 1 is 0.358 bits per heavy atom. The van der Waals surface area contributed by atoms with Crippen LogP contribution in [-0.4, -0.2) is 9.13 Å². The summed E-state index contributed by atoms with van der Waals surface area (Å²) in [6.07, 6.45) is 0. The fraction of sp³-hybridized carbons (Fsp3) is 0. The molecule has 0 fully saturated rings. The van der Waals surface area contributed by atoms with E-state index in [1.807, 2.05) is 78.9 Å². The topological polar surface area (TPSA) is 105 Å². The maximum Gasteiger partial charge on any atom is 0.0992 e. The summed E-state index contributed by atoms with van der Waals surface area (Å²) >= 11 is 1.75. The number of thiophene rings is 1. The Labute approximate surface area is 306 Å². The number of rotatable bonds is 3. The van der Waals surface area contributed by atoms with Gasteiger partial charge in [0.15, 0.2) is 0 Å². The second-order valence-electron chi connectivity index (χ2n) is 13.1. The molecule has 3 aromatic heterocycles. The highest BCUT2D eigenvalue weighted by Gasteiger charge is 2.17. The number of hydrogen-bond donors (Lipinski definition) is 0. The number of nitriles is 4. The van der Waals surface area contributed by atoms with Gasteiger partial charge in [-0.2, -0.15) is 21.0 Å². The summed E-state index contributed by atoms with van der Waals surface area (Å²) in [6, 6.07) is 53.5. The van der Waals surface area contributed by atoms with Gasteiger partial charge < -0.3 is 9.13 Å². The molecule has 0 amide bonds. The molecule has 242 valence electrons. The van der Waals surface area contributed by atoms with Crippen LogP contribution in [-0.2, 0) is 0 Å². The van der Waals surface area contributed by atoms with Crippen LogP contribution in [0.1, 0.15) is 22.3 Å².